The molecule has 1 aromatic rings. The van der Waals surface area contributed by atoms with Gasteiger partial charge in [-0.05, 0) is 37.0 Å². The van der Waals surface area contributed by atoms with Gasteiger partial charge in [0.2, 0.25) is 23.6 Å². The van der Waals surface area contributed by atoms with Crippen LogP contribution in [0.5, 0.6) is 5.75 Å². The average molecular weight is 680 g/mol. The van der Waals surface area contributed by atoms with Gasteiger partial charge in [-0.3, -0.25) is 33.7 Å². The number of Topliss-reactive ketones (excluding diaryl/α,β-unsaturated/α-hetero) is 2. The Hall–Kier alpha value is -3.90. The second-order valence-corrected chi connectivity index (χ2v) is 12.2. The number of hydrogen-bond acceptors (Lipinski definition) is 13. The Morgan fingerprint density at radius 2 is 1.74 bits per heavy atom. The van der Waals surface area contributed by atoms with E-state index in [9.17, 15) is 33.6 Å². The lowest BCUT2D eigenvalue weighted by Crippen LogP contribution is -2.44. The van der Waals surface area contributed by atoms with Gasteiger partial charge in [-0.2, -0.15) is 0 Å². The average Bonchev–Trinajstić information content (AvgIpc) is 3.30. The molecule has 0 spiro atoms. The van der Waals surface area contributed by atoms with Crippen LogP contribution in [0.3, 0.4) is 0 Å². The van der Waals surface area contributed by atoms with Crippen molar-refractivity contribution in [3.63, 3.8) is 0 Å². The van der Waals surface area contributed by atoms with Crippen LogP contribution in [-0.2, 0) is 39.9 Å². The molecular formula is C30H45N7O9S. The van der Waals surface area contributed by atoms with E-state index in [1.54, 1.807) is 24.3 Å². The number of ketones is 2. The van der Waals surface area contributed by atoms with Crippen molar-refractivity contribution in [2.75, 3.05) is 39.2 Å². The minimum Gasteiger partial charge on any atom is -0.410 e. The van der Waals surface area contributed by atoms with Crippen LogP contribution >= 0.6 is 11.8 Å². The van der Waals surface area contributed by atoms with Crippen LogP contribution in [-0.4, -0.2) is 103 Å². The first-order valence-electron chi connectivity index (χ1n) is 15.2. The summed E-state index contributed by atoms with van der Waals surface area (Å²) in [6, 6.07) is 4.61. The Bertz CT molecular complexity index is 1260. The first-order valence-corrected chi connectivity index (χ1v) is 16.2. The molecule has 1 heterocycles. The standard InChI is InChI=1S/C30H45N7O9S/c1-45-12-2-3-20(38)9-11-37-26(40)15-25(29(37)43)47-16-19(27(34)41)14-24(39)22(32)8-10-35-30(44)46-21-6-4-18(5-7-21)13-23(33)28(42)36-17-31/h4-7,19,22-23,25H,2-3,8-17,31-33H2,1H3,(H2,34,41)(H,35,44)(H,36,42)/t19-,22-,23-,25?/m0/s1. The maximum atomic E-state index is 12.8. The number of methoxy groups -OCH3 is 1. The second-order valence-electron chi connectivity index (χ2n) is 11.0. The van der Waals surface area contributed by atoms with Crippen molar-refractivity contribution < 1.29 is 43.0 Å². The van der Waals surface area contributed by atoms with Crippen LogP contribution in [0, 0.1) is 5.92 Å². The third kappa shape index (κ3) is 13.8. The van der Waals surface area contributed by atoms with Crippen molar-refractivity contribution >= 4 is 53.1 Å². The van der Waals surface area contributed by atoms with Gasteiger partial charge in [0.15, 0.2) is 0 Å². The molecule has 16 nitrogen and oxygen atoms in total. The number of rotatable bonds is 22. The number of carbonyl (C=O) groups is 7. The molecule has 17 heteroatoms. The summed E-state index contributed by atoms with van der Waals surface area (Å²) in [5, 5.41) is 4.19. The smallest absolute Gasteiger partial charge is 0.410 e. The molecular weight excluding hydrogens is 634 g/mol. The molecule has 0 bridgehead atoms. The number of hydrogen-bond donors (Lipinski definition) is 6. The van der Waals surface area contributed by atoms with Crippen LogP contribution < -0.4 is 38.3 Å². The van der Waals surface area contributed by atoms with Crippen LogP contribution in [0.15, 0.2) is 24.3 Å². The van der Waals surface area contributed by atoms with Gasteiger partial charge >= 0.3 is 6.09 Å². The van der Waals surface area contributed by atoms with E-state index in [1.165, 1.54) is 7.11 Å². The summed E-state index contributed by atoms with van der Waals surface area (Å²) >= 11 is 1.06. The zero-order valence-electron chi connectivity index (χ0n) is 26.4. The number of ether oxygens (including phenoxy) is 2. The number of primary amides is 1. The van der Waals surface area contributed by atoms with Crippen LogP contribution in [0.4, 0.5) is 4.79 Å². The molecule has 5 amide bonds. The number of thioether (sulfide) groups is 1. The summed E-state index contributed by atoms with van der Waals surface area (Å²) in [4.78, 5) is 86.9. The van der Waals surface area contributed by atoms with Crippen molar-refractivity contribution in [3.8, 4) is 5.75 Å². The summed E-state index contributed by atoms with van der Waals surface area (Å²) in [5.41, 5.74) is 23.3. The number of likely N-dealkylation sites (tertiary alicyclic amines) is 1. The quantitative estimate of drug-likeness (QED) is 0.0473. The van der Waals surface area contributed by atoms with Gasteiger partial charge < -0.3 is 43.0 Å². The lowest BCUT2D eigenvalue weighted by molar-refractivity contribution is -0.138. The summed E-state index contributed by atoms with van der Waals surface area (Å²) in [6.07, 6.45) is 0.110. The Balaban J connectivity index is 1.74. The number of benzene rings is 1. The van der Waals surface area contributed by atoms with E-state index in [0.29, 0.717) is 19.4 Å². The summed E-state index contributed by atoms with van der Waals surface area (Å²) in [6.45, 7) is 0.430. The van der Waals surface area contributed by atoms with Gasteiger partial charge in [-0.1, -0.05) is 12.1 Å². The fraction of sp³-hybridized carbons (Fsp3) is 0.567. The number of carbonyl (C=O) groups excluding carboxylic acids is 7. The third-order valence-corrected chi connectivity index (χ3v) is 8.68. The van der Waals surface area contributed by atoms with Crippen molar-refractivity contribution in [1.82, 2.24) is 15.5 Å². The summed E-state index contributed by atoms with van der Waals surface area (Å²) in [5.74, 6) is -3.16. The molecule has 1 aliphatic rings. The molecule has 0 saturated carbocycles. The van der Waals surface area contributed by atoms with E-state index in [4.69, 9.17) is 32.4 Å². The highest BCUT2D eigenvalue weighted by Crippen LogP contribution is 2.28. The van der Waals surface area contributed by atoms with E-state index in [0.717, 1.165) is 22.2 Å². The van der Waals surface area contributed by atoms with E-state index in [-0.39, 0.29) is 75.1 Å². The topological polar surface area (TPSA) is 269 Å². The zero-order valence-corrected chi connectivity index (χ0v) is 27.3. The molecule has 2 rings (SSSR count). The predicted molar refractivity (Wildman–Crippen MR) is 173 cm³/mol. The monoisotopic (exact) mass is 679 g/mol. The lowest BCUT2D eigenvalue weighted by atomic mass is 9.98. The normalized spacial score (nSPS) is 16.3. The van der Waals surface area contributed by atoms with Gasteiger partial charge in [-0.15, -0.1) is 11.8 Å². The molecule has 1 fully saturated rings. The van der Waals surface area contributed by atoms with Crippen molar-refractivity contribution in [2.45, 2.75) is 62.3 Å². The first-order chi connectivity index (χ1) is 22.4. The van der Waals surface area contributed by atoms with Gasteiger partial charge in [0.25, 0.3) is 0 Å². The maximum Gasteiger partial charge on any atom is 0.412 e. The maximum absolute atomic E-state index is 12.8. The minimum atomic E-state index is -1.01. The Labute approximate surface area is 277 Å². The fourth-order valence-corrected chi connectivity index (χ4v) is 5.84. The van der Waals surface area contributed by atoms with Gasteiger partial charge in [0.1, 0.15) is 17.3 Å². The number of nitrogens with zero attached hydrogens (tertiary/aromatic N) is 1. The van der Waals surface area contributed by atoms with Crippen LogP contribution in [0.1, 0.15) is 44.1 Å². The number of amides is 5. The molecule has 1 saturated heterocycles. The van der Waals surface area contributed by atoms with Crippen LogP contribution in [0.25, 0.3) is 0 Å². The molecule has 0 aromatic heterocycles. The Morgan fingerprint density at radius 1 is 1.04 bits per heavy atom. The Kier molecular flexibility index (Phi) is 17.0. The Morgan fingerprint density at radius 3 is 2.38 bits per heavy atom. The third-order valence-electron chi connectivity index (χ3n) is 7.31. The molecule has 1 unspecified atom stereocenters. The van der Waals surface area contributed by atoms with E-state index in [1.807, 2.05) is 0 Å². The highest BCUT2D eigenvalue weighted by atomic mass is 32.2. The van der Waals surface area contributed by atoms with Crippen molar-refractivity contribution in [3.05, 3.63) is 29.8 Å². The minimum absolute atomic E-state index is 0.00655. The zero-order chi connectivity index (χ0) is 34.9. The van der Waals surface area contributed by atoms with E-state index >= 15 is 0 Å². The number of nitrogens with one attached hydrogen (secondary N) is 2. The molecule has 1 aromatic carbocycles. The largest absolute Gasteiger partial charge is 0.412 e. The van der Waals surface area contributed by atoms with Gasteiger partial charge in [-0.25, -0.2) is 4.79 Å². The van der Waals surface area contributed by atoms with Crippen molar-refractivity contribution in [1.29, 1.82) is 0 Å². The molecule has 10 N–H and O–H groups in total. The van der Waals surface area contributed by atoms with E-state index in [2.05, 4.69) is 10.6 Å². The molecule has 4 atom stereocenters. The molecule has 47 heavy (non-hydrogen) atoms. The molecule has 1 aliphatic heterocycles. The number of nitrogens with two attached hydrogens (primary N) is 4. The van der Waals surface area contributed by atoms with Gasteiger partial charge in [0.05, 0.1) is 29.9 Å². The molecule has 0 aliphatic carbocycles. The predicted octanol–water partition coefficient (Wildman–Crippen LogP) is -1.30. The van der Waals surface area contributed by atoms with Gasteiger partial charge in [0, 0.05) is 58.2 Å². The fourth-order valence-electron chi connectivity index (χ4n) is 4.57. The van der Waals surface area contributed by atoms with Crippen LogP contribution in [0.2, 0.25) is 0 Å². The summed E-state index contributed by atoms with van der Waals surface area (Å²) < 4.78 is 10.1. The SMILES string of the molecule is COCCCC(=O)CCN1C(=O)CC(SC[C@H](CC(=O)[C@@H](N)CCNC(=O)Oc2ccc(C[C@H](N)C(=O)NCN)cc2)C(N)=O)C1=O. The second kappa shape index (κ2) is 20.4. The molecule has 260 valence electrons. The molecule has 0 radical (unpaired) electrons. The first kappa shape index (κ1) is 39.3. The number of imide groups is 1. The highest BCUT2D eigenvalue weighted by molar-refractivity contribution is 8.00. The van der Waals surface area contributed by atoms with E-state index < -0.39 is 52.8 Å². The summed E-state index contributed by atoms with van der Waals surface area (Å²) in [7, 11) is 1.54. The van der Waals surface area contributed by atoms with Crippen molar-refractivity contribution in [2.24, 2.45) is 28.9 Å². The highest BCUT2D eigenvalue weighted by Gasteiger charge is 2.39. The lowest BCUT2D eigenvalue weighted by Gasteiger charge is -2.18.